The maximum atomic E-state index is 14.2. The van der Waals surface area contributed by atoms with Crippen molar-refractivity contribution in [3.05, 3.63) is 94.3 Å². The second-order valence-electron chi connectivity index (χ2n) is 9.71. The molecule has 0 radical (unpaired) electrons. The Balaban J connectivity index is 1.45. The first-order valence-corrected chi connectivity index (χ1v) is 13.2. The molecule has 10 nitrogen and oxygen atoms in total. The van der Waals surface area contributed by atoms with Gasteiger partial charge in [-0.2, -0.15) is 0 Å². The normalized spacial score (nSPS) is 14.5. The quantitative estimate of drug-likeness (QED) is 0.240. The second-order valence-corrected chi connectivity index (χ2v) is 9.71. The van der Waals surface area contributed by atoms with Gasteiger partial charge in [-0.1, -0.05) is 36.1 Å². The fourth-order valence-corrected chi connectivity index (χ4v) is 5.00. The van der Waals surface area contributed by atoms with E-state index in [0.29, 0.717) is 46.8 Å². The maximum Gasteiger partial charge on any atom is 0.362 e. The third-order valence-corrected chi connectivity index (χ3v) is 7.01. The summed E-state index contributed by atoms with van der Waals surface area (Å²) >= 11 is 0. The van der Waals surface area contributed by atoms with Gasteiger partial charge in [0, 0.05) is 30.8 Å². The number of nitrogens with one attached hydrogen (secondary N) is 2. The number of fused-ring (bicyclic) bond motifs is 2. The summed E-state index contributed by atoms with van der Waals surface area (Å²) in [6.07, 6.45) is 5.06. The molecule has 1 fully saturated rings. The number of nitrogens with two attached hydrogens (primary N) is 1. The summed E-state index contributed by atoms with van der Waals surface area (Å²) in [5.41, 5.74) is 8.24. The van der Waals surface area contributed by atoms with E-state index in [4.69, 9.17) is 15.5 Å². The molecule has 0 bridgehead atoms. The standard InChI is InChI=1S/C30H27N7O3/c1-19(33-29(38)25-26(31)35-36-16-6-15-32-28(25)36)27-34-23-10-5-7-21(12-11-20-13-17-40-18-14-20)24(23)30(39)37(27)22-8-3-2-4-9-22/h2-10,15-16,19-20H,13-14,17-18H2,1H3,(H3,31,33,35,38)/p+1. The predicted octanol–water partition coefficient (Wildman–Crippen LogP) is 2.70. The summed E-state index contributed by atoms with van der Waals surface area (Å²) in [4.78, 5) is 36.7. The first kappa shape index (κ1) is 25.3. The second kappa shape index (κ2) is 10.6. The zero-order valence-electron chi connectivity index (χ0n) is 21.9. The van der Waals surface area contributed by atoms with Crippen LogP contribution >= 0.6 is 0 Å². The summed E-state index contributed by atoms with van der Waals surface area (Å²) < 4.78 is 8.56. The van der Waals surface area contributed by atoms with Crippen molar-refractivity contribution in [3.63, 3.8) is 0 Å². The van der Waals surface area contributed by atoms with Crippen LogP contribution < -0.4 is 21.1 Å². The molecule has 1 atom stereocenters. The first-order chi connectivity index (χ1) is 19.5. The maximum absolute atomic E-state index is 14.2. The van der Waals surface area contributed by atoms with Gasteiger partial charge in [0.2, 0.25) is 0 Å². The molecular weight excluding hydrogens is 506 g/mol. The number of nitrogens with zero attached hydrogens (tertiary/aromatic N) is 4. The molecule has 0 saturated carbocycles. The average Bonchev–Trinajstić information content (AvgIpc) is 3.32. The number of aromatic nitrogens is 5. The SMILES string of the molecule is CC(NC(=O)c1c(N)[nH][n+]2cccnc12)c1nc2cccc(C#CC3CCOCC3)c2c(=O)n1-c1ccccc1. The summed E-state index contributed by atoms with van der Waals surface area (Å²) in [7, 11) is 0. The van der Waals surface area contributed by atoms with E-state index < -0.39 is 11.9 Å². The minimum Gasteiger partial charge on any atom is -0.382 e. The van der Waals surface area contributed by atoms with Crippen molar-refractivity contribution >= 4 is 28.3 Å². The number of benzene rings is 2. The molecule has 10 heteroatoms. The molecule has 1 aliphatic heterocycles. The summed E-state index contributed by atoms with van der Waals surface area (Å²) in [6.45, 7) is 3.18. The number of anilines is 1. The number of hydrogen-bond donors (Lipinski definition) is 3. The Morgan fingerprint density at radius 2 is 1.98 bits per heavy atom. The lowest BCUT2D eigenvalue weighted by molar-refractivity contribution is -0.577. The molecule has 6 rings (SSSR count). The first-order valence-electron chi connectivity index (χ1n) is 13.2. The molecule has 2 aromatic carbocycles. The largest absolute Gasteiger partial charge is 0.382 e. The molecule has 1 saturated heterocycles. The number of para-hydroxylation sites is 1. The highest BCUT2D eigenvalue weighted by molar-refractivity contribution is 6.03. The van der Waals surface area contributed by atoms with Crippen LogP contribution in [-0.4, -0.2) is 38.8 Å². The van der Waals surface area contributed by atoms with Crippen molar-refractivity contribution in [2.45, 2.75) is 25.8 Å². The van der Waals surface area contributed by atoms with Gasteiger partial charge in [0.1, 0.15) is 18.2 Å². The van der Waals surface area contributed by atoms with Gasteiger partial charge < -0.3 is 15.8 Å². The summed E-state index contributed by atoms with van der Waals surface area (Å²) in [5.74, 6) is 6.93. The molecule has 1 aliphatic rings. The van der Waals surface area contributed by atoms with Gasteiger partial charge in [-0.05, 0) is 49.0 Å². The number of carbonyl (C=O) groups is 1. The van der Waals surface area contributed by atoms with E-state index >= 15 is 0 Å². The molecule has 200 valence electrons. The molecule has 1 unspecified atom stereocenters. The molecular formula is C30H28N7O3+. The third kappa shape index (κ3) is 4.67. The average molecular weight is 535 g/mol. The summed E-state index contributed by atoms with van der Waals surface area (Å²) in [5, 5.41) is 6.32. The third-order valence-electron chi connectivity index (χ3n) is 7.01. The molecule has 40 heavy (non-hydrogen) atoms. The van der Waals surface area contributed by atoms with Crippen molar-refractivity contribution in [1.82, 2.24) is 25.0 Å². The minimum atomic E-state index is -0.653. The van der Waals surface area contributed by atoms with E-state index in [1.165, 1.54) is 0 Å². The zero-order chi connectivity index (χ0) is 27.6. The lowest BCUT2D eigenvalue weighted by Gasteiger charge is -2.20. The van der Waals surface area contributed by atoms with Crippen LogP contribution in [0.1, 0.15) is 47.6 Å². The molecule has 4 N–H and O–H groups in total. The smallest absolute Gasteiger partial charge is 0.362 e. The van der Waals surface area contributed by atoms with Gasteiger partial charge >= 0.3 is 5.65 Å². The summed E-state index contributed by atoms with van der Waals surface area (Å²) in [6, 6.07) is 15.8. The number of rotatable bonds is 4. The minimum absolute atomic E-state index is 0.183. The van der Waals surface area contributed by atoms with Gasteiger partial charge in [0.05, 0.1) is 22.6 Å². The van der Waals surface area contributed by atoms with Crippen LogP contribution in [0.2, 0.25) is 0 Å². The Hall–Kier alpha value is -5.01. The van der Waals surface area contributed by atoms with Gasteiger partial charge in [-0.3, -0.25) is 14.2 Å². The number of ether oxygens (including phenoxy) is 1. The van der Waals surface area contributed by atoms with Crippen LogP contribution in [0.3, 0.4) is 0 Å². The lowest BCUT2D eigenvalue weighted by Crippen LogP contribution is -2.34. The van der Waals surface area contributed by atoms with Crippen molar-refractivity contribution in [1.29, 1.82) is 0 Å². The van der Waals surface area contributed by atoms with Gasteiger partial charge in [0.15, 0.2) is 11.4 Å². The Morgan fingerprint density at radius 1 is 1.18 bits per heavy atom. The fraction of sp³-hybridized carbons (Fsp3) is 0.233. The van der Waals surface area contributed by atoms with Crippen molar-refractivity contribution < 1.29 is 14.0 Å². The molecule has 3 aromatic heterocycles. The van der Waals surface area contributed by atoms with Crippen LogP contribution in [0.15, 0.2) is 71.8 Å². The van der Waals surface area contributed by atoms with Crippen molar-refractivity contribution in [3.8, 4) is 17.5 Å². The number of nitrogen functional groups attached to an aromatic ring is 1. The van der Waals surface area contributed by atoms with E-state index in [1.807, 2.05) is 42.5 Å². The van der Waals surface area contributed by atoms with Gasteiger partial charge in [-0.25, -0.2) is 10.1 Å². The Morgan fingerprint density at radius 3 is 2.77 bits per heavy atom. The van der Waals surface area contributed by atoms with Crippen molar-refractivity contribution in [2.24, 2.45) is 5.92 Å². The highest BCUT2D eigenvalue weighted by Gasteiger charge is 2.27. The fourth-order valence-electron chi connectivity index (χ4n) is 5.00. The Kier molecular flexibility index (Phi) is 6.72. The monoisotopic (exact) mass is 534 g/mol. The Labute approximate surface area is 229 Å². The number of carbonyl (C=O) groups excluding carboxylic acids is 1. The van der Waals surface area contributed by atoms with Crippen LogP contribution in [0, 0.1) is 17.8 Å². The van der Waals surface area contributed by atoms with Crippen LogP contribution in [0.4, 0.5) is 5.82 Å². The lowest BCUT2D eigenvalue weighted by atomic mass is 10.00. The molecule has 4 heterocycles. The topological polar surface area (TPSA) is 132 Å². The van der Waals surface area contributed by atoms with Crippen LogP contribution in [0.5, 0.6) is 0 Å². The van der Waals surface area contributed by atoms with Crippen LogP contribution in [0.25, 0.3) is 22.2 Å². The van der Waals surface area contributed by atoms with E-state index in [2.05, 4.69) is 27.2 Å². The molecule has 0 aliphatic carbocycles. The van der Waals surface area contributed by atoms with Gasteiger partial charge in [0.25, 0.3) is 11.5 Å². The molecule has 1 amide bonds. The molecule has 5 aromatic rings. The van der Waals surface area contributed by atoms with E-state index in [1.54, 1.807) is 40.5 Å². The zero-order valence-corrected chi connectivity index (χ0v) is 21.9. The van der Waals surface area contributed by atoms with Crippen LogP contribution in [-0.2, 0) is 4.74 Å². The van der Waals surface area contributed by atoms with Crippen molar-refractivity contribution in [2.75, 3.05) is 18.9 Å². The molecule has 0 spiro atoms. The highest BCUT2D eigenvalue weighted by atomic mass is 16.5. The van der Waals surface area contributed by atoms with E-state index in [-0.39, 0.29) is 22.9 Å². The van der Waals surface area contributed by atoms with Gasteiger partial charge in [-0.15, -0.1) is 4.52 Å². The number of amides is 1. The van der Waals surface area contributed by atoms with E-state index in [0.717, 1.165) is 12.8 Å². The Bertz CT molecular complexity index is 1840. The predicted molar refractivity (Wildman–Crippen MR) is 150 cm³/mol. The number of hydrogen-bond acceptors (Lipinski definition) is 6. The highest BCUT2D eigenvalue weighted by Crippen LogP contribution is 2.22. The number of H-pyrrole nitrogens is 1. The van der Waals surface area contributed by atoms with E-state index in [9.17, 15) is 9.59 Å². The number of aromatic amines is 1.